The largest absolute Gasteiger partial charge is 0.467 e. The number of likely N-dealkylation sites (tertiary alicyclic amines) is 1. The van der Waals surface area contributed by atoms with E-state index in [2.05, 4.69) is 118 Å². The second kappa shape index (κ2) is 25.2. The van der Waals surface area contributed by atoms with Gasteiger partial charge in [-0.05, 0) is 159 Å². The molecule has 3 aliphatic rings. The van der Waals surface area contributed by atoms with Crippen molar-refractivity contribution in [2.75, 3.05) is 53.0 Å². The van der Waals surface area contributed by atoms with E-state index in [1.165, 1.54) is 18.5 Å². The fourth-order valence-electron chi connectivity index (χ4n) is 12.6. The van der Waals surface area contributed by atoms with Crippen molar-refractivity contribution in [1.82, 2.24) is 35.1 Å². The summed E-state index contributed by atoms with van der Waals surface area (Å²) >= 11 is 0. The number of hydrazine groups is 1. The van der Waals surface area contributed by atoms with Crippen molar-refractivity contribution in [3.8, 4) is 22.4 Å². The number of methoxy groups -OCH3 is 1. The Bertz CT molecular complexity index is 2560. The number of alkyl halides is 1. The Hall–Kier alpha value is -5.11. The first kappa shape index (κ1) is 56.6. The molecule has 2 saturated heterocycles. The molecular weight excluding hydrogens is 930 g/mol. The van der Waals surface area contributed by atoms with Crippen LogP contribution in [0.1, 0.15) is 130 Å². The molecule has 12 nitrogen and oxygen atoms in total. The maximum atomic E-state index is 15.1. The number of carbonyl (C=O) groups excluding carboxylic acids is 3. The molecule has 2 N–H and O–H groups in total. The minimum atomic E-state index is -0.884. The summed E-state index contributed by atoms with van der Waals surface area (Å²) in [4.78, 5) is 50.6. The van der Waals surface area contributed by atoms with E-state index in [1.807, 2.05) is 31.2 Å². The smallest absolute Gasteiger partial charge is 0.293 e. The zero-order valence-corrected chi connectivity index (χ0v) is 46.6. The number of hydrogen-bond acceptors (Lipinski definition) is 9. The van der Waals surface area contributed by atoms with E-state index in [9.17, 15) is 14.4 Å². The highest BCUT2D eigenvalue weighted by Crippen LogP contribution is 2.47. The van der Waals surface area contributed by atoms with Crippen molar-refractivity contribution in [1.29, 1.82) is 0 Å². The molecule has 1 aliphatic carbocycles. The number of hydrogen-bond donors (Lipinski definition) is 2. The second-order valence-corrected chi connectivity index (χ2v) is 23.2. The lowest BCUT2D eigenvalue weighted by atomic mass is 9.79. The van der Waals surface area contributed by atoms with Crippen molar-refractivity contribution < 1.29 is 28.2 Å². The molecule has 404 valence electrons. The molecule has 1 saturated carbocycles. The number of amides is 2. The molecule has 7 rings (SSSR count). The fraction of sp³-hybridized carbons (Fsp3) is 0.607. The summed E-state index contributed by atoms with van der Waals surface area (Å²) < 4.78 is 28.6. The molecule has 2 aromatic heterocycles. The van der Waals surface area contributed by atoms with Gasteiger partial charge in [0.2, 0.25) is 5.91 Å². The monoisotopic (exact) mass is 1020 g/mol. The lowest BCUT2D eigenvalue weighted by molar-refractivity contribution is -0.141. The van der Waals surface area contributed by atoms with Gasteiger partial charge in [-0.3, -0.25) is 29.3 Å². The predicted molar refractivity (Wildman–Crippen MR) is 296 cm³/mol. The molecule has 2 aromatic carbocycles. The molecule has 3 fully saturated rings. The van der Waals surface area contributed by atoms with Gasteiger partial charge in [0.1, 0.15) is 12.7 Å². The molecular formula is C61H88FN7O5. The van der Waals surface area contributed by atoms with Crippen molar-refractivity contribution in [2.45, 2.75) is 146 Å². The topological polar surface area (TPSA) is 121 Å². The van der Waals surface area contributed by atoms with Crippen LogP contribution in [-0.2, 0) is 49.9 Å². The number of pyridine rings is 1. The SMILES string of the molecule is C=C(C(C)C(C(C)C)C1CC1)N(CC)CC1CCN(C(C(=O)NC(Cc2cc(CF)cc(-c3ccc4c(c3)c(CC(C)(C)COC=O)c(-c3cccnc3C(C)OC)n4CC)c2)C(=O)N2CCCCN2)C(C)C)C1. The highest BCUT2D eigenvalue weighted by Gasteiger charge is 2.41. The third-order valence-electron chi connectivity index (χ3n) is 16.4. The maximum Gasteiger partial charge on any atom is 0.293 e. The van der Waals surface area contributed by atoms with Gasteiger partial charge < -0.3 is 24.3 Å². The van der Waals surface area contributed by atoms with Crippen LogP contribution in [0.2, 0.25) is 0 Å². The van der Waals surface area contributed by atoms with Crippen LogP contribution in [0, 0.1) is 40.9 Å². The Morgan fingerprint density at radius 1 is 0.986 bits per heavy atom. The average Bonchev–Trinajstić information content (AvgIpc) is 4.04. The lowest BCUT2D eigenvalue weighted by Gasteiger charge is -2.37. The summed E-state index contributed by atoms with van der Waals surface area (Å²) in [5.41, 5.74) is 12.0. The third-order valence-corrected chi connectivity index (χ3v) is 16.4. The molecule has 4 heterocycles. The van der Waals surface area contributed by atoms with Gasteiger partial charge in [0.05, 0.1) is 30.1 Å². The fourth-order valence-corrected chi connectivity index (χ4v) is 12.6. The highest BCUT2D eigenvalue weighted by molar-refractivity contribution is 5.95. The molecule has 2 amide bonds. The van der Waals surface area contributed by atoms with Gasteiger partial charge in [-0.15, -0.1) is 0 Å². The van der Waals surface area contributed by atoms with E-state index < -0.39 is 24.2 Å². The van der Waals surface area contributed by atoms with E-state index in [0.717, 1.165) is 101 Å². The van der Waals surface area contributed by atoms with Crippen LogP contribution in [-0.4, -0.2) is 108 Å². The third kappa shape index (κ3) is 13.1. The van der Waals surface area contributed by atoms with Gasteiger partial charge in [0.25, 0.3) is 12.4 Å². The van der Waals surface area contributed by atoms with Crippen LogP contribution in [0.5, 0.6) is 0 Å². The zero-order valence-electron chi connectivity index (χ0n) is 46.6. The lowest BCUT2D eigenvalue weighted by Crippen LogP contribution is -2.59. The van der Waals surface area contributed by atoms with E-state index in [0.29, 0.717) is 61.8 Å². The summed E-state index contributed by atoms with van der Waals surface area (Å²) in [6, 6.07) is 14.9. The first-order chi connectivity index (χ1) is 35.4. The molecule has 2 aliphatic heterocycles. The Labute approximate surface area is 442 Å². The summed E-state index contributed by atoms with van der Waals surface area (Å²) in [7, 11) is 1.69. The molecule has 0 bridgehead atoms. The Morgan fingerprint density at radius 2 is 1.74 bits per heavy atom. The van der Waals surface area contributed by atoms with Crippen LogP contribution < -0.4 is 10.7 Å². The number of allylic oxidation sites excluding steroid dienone is 1. The van der Waals surface area contributed by atoms with Crippen LogP contribution in [0.25, 0.3) is 33.3 Å². The molecule has 6 atom stereocenters. The van der Waals surface area contributed by atoms with Crippen LogP contribution in [0.15, 0.2) is 67.0 Å². The Balaban J connectivity index is 1.19. The number of carbonyl (C=O) groups is 3. The quantitative estimate of drug-likeness (QED) is 0.0592. The number of benzene rings is 2. The van der Waals surface area contributed by atoms with Gasteiger partial charge >= 0.3 is 0 Å². The van der Waals surface area contributed by atoms with E-state index in [1.54, 1.807) is 18.3 Å². The standard InChI is InChI=1S/C61H88FN7O5/c1-13-66(42(8)41(7)55(39(3)4)47-19-20-47)35-44-23-27-67(36-44)57(40(5)6)59(71)65-53(60(72)69-26-16-15-25-64-69)31-45-28-46(34-62)30-49(29-45)48-21-22-54-51(32-48)52(33-61(10,11)37-74-38-70)58(68(54)14-2)50-18-17-24-63-56(50)43(9)73-12/h17-18,21-22,24,28-30,32,38-41,43-44,47,53,55,57,64H,8,13-16,19-20,23,25-27,31,33-37H2,1-7,9-12H3,(H,65,71). The molecule has 13 heteroatoms. The van der Waals surface area contributed by atoms with Crippen molar-refractivity contribution in [2.24, 2.45) is 40.9 Å². The second-order valence-electron chi connectivity index (χ2n) is 23.2. The first-order valence-electron chi connectivity index (χ1n) is 27.8. The van der Waals surface area contributed by atoms with Gasteiger partial charge in [0.15, 0.2) is 0 Å². The Morgan fingerprint density at radius 3 is 2.38 bits per heavy atom. The minimum absolute atomic E-state index is 0.000768. The Kier molecular flexibility index (Phi) is 19.2. The van der Waals surface area contributed by atoms with E-state index in [4.69, 9.17) is 14.5 Å². The van der Waals surface area contributed by atoms with E-state index in [-0.39, 0.29) is 36.9 Å². The molecule has 6 unspecified atom stereocenters. The zero-order chi connectivity index (χ0) is 53.4. The number of ether oxygens (including phenoxy) is 2. The van der Waals surface area contributed by atoms with Crippen LogP contribution >= 0.6 is 0 Å². The van der Waals surface area contributed by atoms with Gasteiger partial charge in [-0.25, -0.2) is 9.82 Å². The first-order valence-corrected chi connectivity index (χ1v) is 27.8. The van der Waals surface area contributed by atoms with Gasteiger partial charge in [-0.2, -0.15) is 0 Å². The predicted octanol–water partition coefficient (Wildman–Crippen LogP) is 11.0. The summed E-state index contributed by atoms with van der Waals surface area (Å²) in [5, 5.41) is 5.99. The minimum Gasteiger partial charge on any atom is -0.467 e. The number of rotatable bonds is 26. The van der Waals surface area contributed by atoms with E-state index >= 15 is 4.39 Å². The molecule has 0 radical (unpaired) electrons. The van der Waals surface area contributed by atoms with Crippen LogP contribution in [0.4, 0.5) is 4.39 Å². The number of fused-ring (bicyclic) bond motifs is 1. The normalized spacial score (nSPS) is 18.6. The molecule has 74 heavy (non-hydrogen) atoms. The summed E-state index contributed by atoms with van der Waals surface area (Å²) in [6.45, 7) is 31.9. The highest BCUT2D eigenvalue weighted by atomic mass is 19.1. The van der Waals surface area contributed by atoms with Crippen molar-refractivity contribution >= 4 is 29.2 Å². The van der Waals surface area contributed by atoms with Gasteiger partial charge in [-0.1, -0.05) is 73.2 Å². The molecule has 0 spiro atoms. The maximum absolute atomic E-state index is 15.1. The average molecular weight is 1020 g/mol. The summed E-state index contributed by atoms with van der Waals surface area (Å²) in [5.74, 6) is 2.54. The van der Waals surface area contributed by atoms with Crippen molar-refractivity contribution in [3.05, 3.63) is 89.4 Å². The number of halogens is 1. The molecule has 4 aromatic rings. The van der Waals surface area contributed by atoms with Crippen molar-refractivity contribution in [3.63, 3.8) is 0 Å². The number of nitrogens with zero attached hydrogens (tertiary/aromatic N) is 5. The van der Waals surface area contributed by atoms with Crippen LogP contribution in [0.3, 0.4) is 0 Å². The summed E-state index contributed by atoms with van der Waals surface area (Å²) in [6.07, 6.45) is 7.78. The number of aromatic nitrogens is 2. The number of aryl methyl sites for hydroxylation is 1. The number of nitrogens with one attached hydrogen (secondary N) is 2. The van der Waals surface area contributed by atoms with Gasteiger partial charge in [0, 0.05) is 86.6 Å².